The van der Waals surface area contributed by atoms with Gasteiger partial charge in [0.15, 0.2) is 0 Å². The Kier molecular flexibility index (Phi) is 43.8. The van der Waals surface area contributed by atoms with Crippen molar-refractivity contribution in [1.82, 2.24) is 20.4 Å². The summed E-state index contributed by atoms with van der Waals surface area (Å²) in [5.74, 6) is 6.39. The summed E-state index contributed by atoms with van der Waals surface area (Å²) in [4.78, 5) is 27.4. The van der Waals surface area contributed by atoms with Crippen molar-refractivity contribution in [3.63, 3.8) is 0 Å². The zero-order chi connectivity index (χ0) is 41.1. The summed E-state index contributed by atoms with van der Waals surface area (Å²) in [5.41, 5.74) is 0. The van der Waals surface area contributed by atoms with Gasteiger partial charge in [-0.1, -0.05) is 111 Å². The number of rotatable bonds is 26. The normalized spacial score (nSPS) is 11.5. The van der Waals surface area contributed by atoms with Crippen LogP contribution in [-0.4, -0.2) is 75.0 Å². The molecule has 0 saturated carbocycles. The number of carbonyl (C=O) groups is 2. The predicted molar refractivity (Wildman–Crippen MR) is 235 cm³/mol. The van der Waals surface area contributed by atoms with Crippen LogP contribution >= 0.6 is 0 Å². The van der Waals surface area contributed by atoms with Crippen molar-refractivity contribution >= 4 is 11.8 Å². The van der Waals surface area contributed by atoms with Gasteiger partial charge in [-0.25, -0.2) is 0 Å². The fraction of sp³-hybridized carbons (Fsp3) is 0.957. The monoisotopic (exact) mass is 741 g/mol. The standard InChI is InChI=1S/2C12H27N.2C11H23NO/c2*1-11(2)7-6-9-13(5)10-8-12(3)4;2*1-9(2)5-6-11(13)12-8-7-10(3)4/h2*11-12H,6-10H2,1-5H3;2*9-10H,5-8H2,1-4H3,(H,12,13). The van der Waals surface area contributed by atoms with Crippen LogP contribution in [0.1, 0.15) is 188 Å². The van der Waals surface area contributed by atoms with E-state index >= 15 is 0 Å². The molecule has 0 fully saturated rings. The lowest BCUT2D eigenvalue weighted by Crippen LogP contribution is -2.25. The van der Waals surface area contributed by atoms with Crippen LogP contribution in [0.15, 0.2) is 0 Å². The molecule has 0 rings (SSSR count). The molecule has 6 nitrogen and oxygen atoms in total. The Labute approximate surface area is 329 Å². The molecule has 316 valence electrons. The molecular formula is C46H100N4O2. The van der Waals surface area contributed by atoms with Gasteiger partial charge in [0.25, 0.3) is 0 Å². The van der Waals surface area contributed by atoms with Gasteiger partial charge >= 0.3 is 0 Å². The van der Waals surface area contributed by atoms with Crippen molar-refractivity contribution < 1.29 is 9.59 Å². The minimum atomic E-state index is 0.203. The predicted octanol–water partition coefficient (Wildman–Crippen LogP) is 12.0. The third-order valence-corrected chi connectivity index (χ3v) is 8.80. The van der Waals surface area contributed by atoms with Gasteiger partial charge in [0.2, 0.25) is 11.8 Å². The molecule has 52 heavy (non-hydrogen) atoms. The second-order valence-electron chi connectivity index (χ2n) is 19.0. The van der Waals surface area contributed by atoms with Crippen LogP contribution in [0.3, 0.4) is 0 Å². The summed E-state index contributed by atoms with van der Waals surface area (Å²) >= 11 is 0. The van der Waals surface area contributed by atoms with Crippen LogP contribution in [0.5, 0.6) is 0 Å². The average molecular weight is 741 g/mol. The summed E-state index contributed by atoms with van der Waals surface area (Å²) in [6, 6.07) is 0. The second-order valence-corrected chi connectivity index (χ2v) is 19.0. The van der Waals surface area contributed by atoms with Crippen molar-refractivity contribution in [3.05, 3.63) is 0 Å². The molecule has 0 spiro atoms. The summed E-state index contributed by atoms with van der Waals surface area (Å²) < 4.78 is 0. The lowest BCUT2D eigenvalue weighted by molar-refractivity contribution is -0.122. The molecule has 0 bridgehead atoms. The van der Waals surface area contributed by atoms with Gasteiger partial charge in [0.1, 0.15) is 0 Å². The van der Waals surface area contributed by atoms with Crippen LogP contribution in [0.25, 0.3) is 0 Å². The minimum absolute atomic E-state index is 0.203. The van der Waals surface area contributed by atoms with Crippen LogP contribution in [-0.2, 0) is 9.59 Å². The van der Waals surface area contributed by atoms with E-state index in [1.807, 2.05) is 0 Å². The smallest absolute Gasteiger partial charge is 0.220 e. The van der Waals surface area contributed by atoms with E-state index in [0.717, 1.165) is 62.4 Å². The molecule has 0 unspecified atom stereocenters. The first-order chi connectivity index (χ1) is 24.1. The van der Waals surface area contributed by atoms with Crippen LogP contribution < -0.4 is 10.6 Å². The van der Waals surface area contributed by atoms with Gasteiger partial charge in [-0.3, -0.25) is 9.59 Å². The summed E-state index contributed by atoms with van der Waals surface area (Å²) in [7, 11) is 4.48. The topological polar surface area (TPSA) is 64.7 Å². The molecule has 0 aliphatic heterocycles. The van der Waals surface area contributed by atoms with Gasteiger partial charge in [0.05, 0.1) is 0 Å². The third kappa shape index (κ3) is 60.9. The fourth-order valence-electron chi connectivity index (χ4n) is 4.74. The Morgan fingerprint density at radius 1 is 0.365 bits per heavy atom. The first-order valence-electron chi connectivity index (χ1n) is 22.0. The molecule has 6 heteroatoms. The molecule has 0 aliphatic rings. The molecule has 0 heterocycles. The maximum atomic E-state index is 11.2. The summed E-state index contributed by atoms with van der Waals surface area (Å²) in [6.07, 6.45) is 13.6. The molecular weight excluding hydrogens is 641 g/mol. The number of hydrogen-bond acceptors (Lipinski definition) is 4. The van der Waals surface area contributed by atoms with Crippen molar-refractivity contribution in [3.8, 4) is 0 Å². The van der Waals surface area contributed by atoms with Gasteiger partial charge in [-0.05, 0) is 152 Å². The van der Waals surface area contributed by atoms with Crippen molar-refractivity contribution in [2.24, 2.45) is 47.3 Å². The van der Waals surface area contributed by atoms with E-state index in [1.165, 1.54) is 64.7 Å². The SMILES string of the molecule is CC(C)CCCN(C)CCC(C)C.CC(C)CCCN(C)CCC(C)C.CC(C)CCNC(=O)CCC(C)C.CC(C)CCNC(=O)CCC(C)C. The van der Waals surface area contributed by atoms with Gasteiger partial charge < -0.3 is 20.4 Å². The van der Waals surface area contributed by atoms with E-state index in [2.05, 4.69) is 145 Å². The molecule has 0 saturated heterocycles. The Balaban J connectivity index is -0.000000295. The second kappa shape index (κ2) is 39.6. The summed E-state index contributed by atoms with van der Waals surface area (Å²) in [6.45, 7) is 42.3. The van der Waals surface area contributed by atoms with E-state index in [4.69, 9.17) is 0 Å². The number of amides is 2. The number of hydrogen-bond donors (Lipinski definition) is 2. The molecule has 2 N–H and O–H groups in total. The highest BCUT2D eigenvalue weighted by Gasteiger charge is 2.05. The molecule has 0 atom stereocenters. The zero-order valence-corrected chi connectivity index (χ0v) is 39.1. The summed E-state index contributed by atoms with van der Waals surface area (Å²) in [5, 5.41) is 5.86. The van der Waals surface area contributed by atoms with E-state index in [9.17, 15) is 9.59 Å². The Bertz CT molecular complexity index is 685. The highest BCUT2D eigenvalue weighted by molar-refractivity contribution is 5.76. The Hall–Kier alpha value is -1.14. The van der Waals surface area contributed by atoms with Crippen LogP contribution in [0.4, 0.5) is 0 Å². The molecule has 2 amide bonds. The van der Waals surface area contributed by atoms with Crippen molar-refractivity contribution in [1.29, 1.82) is 0 Å². The average Bonchev–Trinajstić information content (AvgIpc) is 3.01. The molecule has 0 aromatic rings. The lowest BCUT2D eigenvalue weighted by atomic mass is 10.1. The molecule has 0 radical (unpaired) electrons. The minimum Gasteiger partial charge on any atom is -0.356 e. The van der Waals surface area contributed by atoms with E-state index in [0.29, 0.717) is 36.5 Å². The lowest BCUT2D eigenvalue weighted by Gasteiger charge is -2.18. The Morgan fingerprint density at radius 2 is 0.615 bits per heavy atom. The van der Waals surface area contributed by atoms with Gasteiger partial charge in [-0.2, -0.15) is 0 Å². The van der Waals surface area contributed by atoms with Crippen LogP contribution in [0, 0.1) is 47.3 Å². The number of nitrogens with zero attached hydrogens (tertiary/aromatic N) is 2. The Morgan fingerprint density at radius 3 is 0.846 bits per heavy atom. The van der Waals surface area contributed by atoms with Gasteiger partial charge in [-0.15, -0.1) is 0 Å². The quantitative estimate of drug-likeness (QED) is 0.0927. The van der Waals surface area contributed by atoms with E-state index in [1.54, 1.807) is 0 Å². The van der Waals surface area contributed by atoms with E-state index in [-0.39, 0.29) is 11.8 Å². The number of nitrogens with one attached hydrogen (secondary N) is 2. The first kappa shape index (κ1) is 57.6. The first-order valence-corrected chi connectivity index (χ1v) is 22.0. The third-order valence-electron chi connectivity index (χ3n) is 8.80. The highest BCUT2D eigenvalue weighted by atomic mass is 16.2. The van der Waals surface area contributed by atoms with Crippen molar-refractivity contribution in [2.45, 2.75) is 188 Å². The fourth-order valence-corrected chi connectivity index (χ4v) is 4.74. The van der Waals surface area contributed by atoms with Crippen molar-refractivity contribution in [2.75, 3.05) is 53.4 Å². The maximum absolute atomic E-state index is 11.2. The highest BCUT2D eigenvalue weighted by Crippen LogP contribution is 2.08. The number of carbonyl (C=O) groups excluding carboxylic acids is 2. The molecule has 0 aromatic heterocycles. The molecule has 0 aliphatic carbocycles. The van der Waals surface area contributed by atoms with E-state index < -0.39 is 0 Å². The largest absolute Gasteiger partial charge is 0.356 e. The van der Waals surface area contributed by atoms with Crippen LogP contribution in [0.2, 0.25) is 0 Å². The molecule has 0 aromatic carbocycles. The maximum Gasteiger partial charge on any atom is 0.220 e. The zero-order valence-electron chi connectivity index (χ0n) is 39.1. The van der Waals surface area contributed by atoms with Gasteiger partial charge in [0, 0.05) is 25.9 Å².